The van der Waals surface area contributed by atoms with E-state index < -0.39 is 6.04 Å². The molecule has 0 aromatic carbocycles. The van der Waals surface area contributed by atoms with Gasteiger partial charge in [-0.1, -0.05) is 27.7 Å². The number of hydrogen-bond acceptors (Lipinski definition) is 3. The predicted molar refractivity (Wildman–Crippen MR) is 70.8 cm³/mol. The van der Waals surface area contributed by atoms with Crippen LogP contribution in [0.15, 0.2) is 0 Å². The Morgan fingerprint density at radius 1 is 0.889 bits per heavy atom. The van der Waals surface area contributed by atoms with E-state index in [-0.39, 0.29) is 23.7 Å². The summed E-state index contributed by atoms with van der Waals surface area (Å²) < 4.78 is 0. The van der Waals surface area contributed by atoms with Gasteiger partial charge in [0.25, 0.3) is 0 Å². The maximum absolute atomic E-state index is 12.0. The summed E-state index contributed by atoms with van der Waals surface area (Å²) in [7, 11) is 0. The van der Waals surface area contributed by atoms with Crippen LogP contribution in [0.25, 0.3) is 0 Å². The molecule has 1 aliphatic heterocycles. The summed E-state index contributed by atoms with van der Waals surface area (Å²) >= 11 is 0. The van der Waals surface area contributed by atoms with Crippen molar-refractivity contribution in [2.24, 2.45) is 17.6 Å². The third kappa shape index (κ3) is 3.45. The van der Waals surface area contributed by atoms with Crippen LogP contribution in [0.4, 0.5) is 0 Å². The topological polar surface area (TPSA) is 66.6 Å². The van der Waals surface area contributed by atoms with E-state index in [2.05, 4.69) is 0 Å². The fourth-order valence-electron chi connectivity index (χ4n) is 2.01. The van der Waals surface area contributed by atoms with Gasteiger partial charge in [0.2, 0.25) is 11.8 Å². The first-order valence-electron chi connectivity index (χ1n) is 6.67. The minimum Gasteiger partial charge on any atom is -0.339 e. The lowest BCUT2D eigenvalue weighted by Crippen LogP contribution is -2.55. The second kappa shape index (κ2) is 6.18. The van der Waals surface area contributed by atoms with Gasteiger partial charge in [-0.3, -0.25) is 9.59 Å². The summed E-state index contributed by atoms with van der Waals surface area (Å²) in [5.41, 5.74) is 5.86. The highest BCUT2D eigenvalue weighted by Crippen LogP contribution is 2.10. The van der Waals surface area contributed by atoms with E-state index in [1.54, 1.807) is 4.90 Å². The first-order chi connectivity index (χ1) is 8.34. The summed E-state index contributed by atoms with van der Waals surface area (Å²) in [5.74, 6) is 0.329. The molecule has 5 nitrogen and oxygen atoms in total. The van der Waals surface area contributed by atoms with Gasteiger partial charge in [-0.25, -0.2) is 0 Å². The lowest BCUT2D eigenvalue weighted by Gasteiger charge is -2.37. The minimum absolute atomic E-state index is 0.00152. The molecule has 1 rings (SSSR count). The summed E-state index contributed by atoms with van der Waals surface area (Å²) in [5, 5.41) is 0. The van der Waals surface area contributed by atoms with Crippen LogP contribution in [-0.2, 0) is 9.59 Å². The molecule has 18 heavy (non-hydrogen) atoms. The Morgan fingerprint density at radius 3 is 1.61 bits per heavy atom. The fraction of sp³-hybridized carbons (Fsp3) is 0.846. The minimum atomic E-state index is -0.433. The van der Waals surface area contributed by atoms with Gasteiger partial charge in [-0.15, -0.1) is 0 Å². The molecule has 0 aromatic heterocycles. The Hall–Kier alpha value is -1.10. The van der Waals surface area contributed by atoms with Crippen LogP contribution in [0.1, 0.15) is 27.7 Å². The van der Waals surface area contributed by atoms with E-state index in [1.165, 1.54) is 0 Å². The Morgan fingerprint density at radius 2 is 1.28 bits per heavy atom. The molecule has 0 spiro atoms. The highest BCUT2D eigenvalue weighted by atomic mass is 16.2. The maximum Gasteiger partial charge on any atom is 0.239 e. The van der Waals surface area contributed by atoms with Gasteiger partial charge in [0.05, 0.1) is 6.04 Å². The fourth-order valence-corrected chi connectivity index (χ4v) is 2.01. The molecular weight excluding hydrogens is 230 g/mol. The van der Waals surface area contributed by atoms with Crippen LogP contribution >= 0.6 is 0 Å². The summed E-state index contributed by atoms with van der Waals surface area (Å²) in [6.45, 7) is 10.1. The number of nitrogens with zero attached hydrogens (tertiary/aromatic N) is 2. The zero-order chi connectivity index (χ0) is 13.9. The smallest absolute Gasteiger partial charge is 0.239 e. The van der Waals surface area contributed by atoms with E-state index in [0.717, 1.165) is 0 Å². The van der Waals surface area contributed by atoms with E-state index >= 15 is 0 Å². The first-order valence-corrected chi connectivity index (χ1v) is 6.67. The van der Waals surface area contributed by atoms with Crippen molar-refractivity contribution in [3.8, 4) is 0 Å². The molecule has 0 radical (unpaired) electrons. The number of hydrogen-bond donors (Lipinski definition) is 1. The average Bonchev–Trinajstić information content (AvgIpc) is 2.36. The molecule has 0 aliphatic carbocycles. The van der Waals surface area contributed by atoms with Crippen molar-refractivity contribution in [1.29, 1.82) is 0 Å². The Bertz CT molecular complexity index is 307. The second-order valence-corrected chi connectivity index (χ2v) is 5.58. The van der Waals surface area contributed by atoms with Gasteiger partial charge in [0.1, 0.15) is 0 Å². The summed E-state index contributed by atoms with van der Waals surface area (Å²) in [6.07, 6.45) is 0. The van der Waals surface area contributed by atoms with E-state index in [1.807, 2.05) is 32.6 Å². The first kappa shape index (κ1) is 15.0. The molecule has 5 heteroatoms. The monoisotopic (exact) mass is 255 g/mol. The molecule has 1 heterocycles. The molecule has 104 valence electrons. The number of nitrogens with two attached hydrogens (primary N) is 1. The Kier molecular flexibility index (Phi) is 5.14. The lowest BCUT2D eigenvalue weighted by atomic mass is 10.0. The molecule has 1 atom stereocenters. The average molecular weight is 255 g/mol. The third-order valence-corrected chi connectivity index (χ3v) is 3.40. The molecule has 1 unspecified atom stereocenters. The van der Waals surface area contributed by atoms with Gasteiger partial charge in [0.15, 0.2) is 0 Å². The van der Waals surface area contributed by atoms with Gasteiger partial charge in [-0.2, -0.15) is 0 Å². The zero-order valence-corrected chi connectivity index (χ0v) is 11.8. The molecule has 1 saturated heterocycles. The SMILES string of the molecule is CC(C)C(=O)N1CCN(C(=O)C(N)C(C)C)CC1. The lowest BCUT2D eigenvalue weighted by molar-refractivity contribution is -0.142. The highest BCUT2D eigenvalue weighted by molar-refractivity contribution is 5.82. The molecule has 0 aromatic rings. The molecule has 0 bridgehead atoms. The molecule has 2 N–H and O–H groups in total. The normalized spacial score (nSPS) is 18.4. The largest absolute Gasteiger partial charge is 0.339 e. The van der Waals surface area contributed by atoms with Crippen molar-refractivity contribution in [2.45, 2.75) is 33.7 Å². The van der Waals surface area contributed by atoms with Gasteiger partial charge < -0.3 is 15.5 Å². The van der Waals surface area contributed by atoms with Crippen LogP contribution in [0.2, 0.25) is 0 Å². The van der Waals surface area contributed by atoms with E-state index in [9.17, 15) is 9.59 Å². The molecular formula is C13H25N3O2. The summed E-state index contributed by atoms with van der Waals surface area (Å²) in [6, 6.07) is -0.433. The molecule has 1 aliphatic rings. The zero-order valence-electron chi connectivity index (χ0n) is 11.8. The van der Waals surface area contributed by atoms with Crippen molar-refractivity contribution in [3.63, 3.8) is 0 Å². The highest BCUT2D eigenvalue weighted by Gasteiger charge is 2.28. The molecule has 0 saturated carbocycles. The molecule has 2 amide bonds. The van der Waals surface area contributed by atoms with Crippen molar-refractivity contribution >= 4 is 11.8 Å². The van der Waals surface area contributed by atoms with Crippen molar-refractivity contribution in [3.05, 3.63) is 0 Å². The number of rotatable bonds is 3. The van der Waals surface area contributed by atoms with Crippen LogP contribution in [0.3, 0.4) is 0 Å². The Balaban J connectivity index is 2.49. The maximum atomic E-state index is 12.0. The standard InChI is InChI=1S/C13H25N3O2/c1-9(2)11(14)13(18)16-7-5-15(6-8-16)12(17)10(3)4/h9-11H,5-8,14H2,1-4H3. The summed E-state index contributed by atoms with van der Waals surface area (Å²) in [4.78, 5) is 27.5. The van der Waals surface area contributed by atoms with Crippen LogP contribution in [-0.4, -0.2) is 53.8 Å². The number of carbonyl (C=O) groups is 2. The quantitative estimate of drug-likeness (QED) is 0.788. The van der Waals surface area contributed by atoms with Crippen molar-refractivity contribution in [2.75, 3.05) is 26.2 Å². The second-order valence-electron chi connectivity index (χ2n) is 5.58. The van der Waals surface area contributed by atoms with Crippen molar-refractivity contribution < 1.29 is 9.59 Å². The van der Waals surface area contributed by atoms with Crippen LogP contribution in [0.5, 0.6) is 0 Å². The van der Waals surface area contributed by atoms with Gasteiger partial charge in [0, 0.05) is 32.1 Å². The number of carbonyl (C=O) groups excluding carboxylic acids is 2. The molecule has 1 fully saturated rings. The van der Waals surface area contributed by atoms with Gasteiger partial charge >= 0.3 is 0 Å². The van der Waals surface area contributed by atoms with Crippen LogP contribution in [0, 0.1) is 11.8 Å². The van der Waals surface area contributed by atoms with Crippen molar-refractivity contribution in [1.82, 2.24) is 9.80 Å². The van der Waals surface area contributed by atoms with E-state index in [4.69, 9.17) is 5.73 Å². The van der Waals surface area contributed by atoms with Crippen LogP contribution < -0.4 is 5.73 Å². The third-order valence-electron chi connectivity index (χ3n) is 3.40. The van der Waals surface area contributed by atoms with Gasteiger partial charge in [-0.05, 0) is 5.92 Å². The number of piperazine rings is 1. The Labute approximate surface area is 109 Å². The predicted octanol–water partition coefficient (Wildman–Crippen LogP) is 0.297. The van der Waals surface area contributed by atoms with E-state index in [0.29, 0.717) is 26.2 Å². The number of amides is 2.